The normalized spacial score (nSPS) is 10.5. The second kappa shape index (κ2) is 4.75. The highest BCUT2D eigenvalue weighted by Gasteiger charge is 2.08. The Hall–Kier alpha value is -1.61. The fourth-order valence-electron chi connectivity index (χ4n) is 1.47. The molecule has 0 aliphatic rings. The van der Waals surface area contributed by atoms with Gasteiger partial charge in [0.1, 0.15) is 0 Å². The van der Waals surface area contributed by atoms with Gasteiger partial charge in [-0.3, -0.25) is 0 Å². The molecule has 1 heterocycles. The van der Waals surface area contributed by atoms with Gasteiger partial charge in [0.25, 0.3) is 0 Å². The van der Waals surface area contributed by atoms with E-state index in [1.165, 1.54) is 0 Å². The van der Waals surface area contributed by atoms with Crippen LogP contribution >= 0.6 is 0 Å². The maximum Gasteiger partial charge on any atom is 0.171 e. The first kappa shape index (κ1) is 9.93. The Morgan fingerprint density at radius 1 is 1.27 bits per heavy atom. The maximum absolute atomic E-state index is 5.26. The third kappa shape index (κ3) is 2.25. The molecule has 0 unspecified atom stereocenters. The quantitative estimate of drug-likeness (QED) is 0.827. The van der Waals surface area contributed by atoms with Gasteiger partial charge in [-0.2, -0.15) is 0 Å². The van der Waals surface area contributed by atoms with Crippen LogP contribution in [0, 0.1) is 0 Å². The van der Waals surface area contributed by atoms with Gasteiger partial charge in [0.2, 0.25) is 0 Å². The van der Waals surface area contributed by atoms with Crippen molar-refractivity contribution in [3.05, 3.63) is 42.1 Å². The Balaban J connectivity index is 2.25. The molecule has 0 aliphatic heterocycles. The van der Waals surface area contributed by atoms with Gasteiger partial charge in [0, 0.05) is 17.7 Å². The van der Waals surface area contributed by atoms with Gasteiger partial charge in [-0.15, -0.1) is 0 Å². The van der Waals surface area contributed by atoms with E-state index in [0.717, 1.165) is 30.0 Å². The highest BCUT2D eigenvalue weighted by molar-refractivity contribution is 5.60. The van der Waals surface area contributed by atoms with Gasteiger partial charge in [0.15, 0.2) is 5.76 Å². The van der Waals surface area contributed by atoms with Gasteiger partial charge < -0.3 is 9.84 Å². The van der Waals surface area contributed by atoms with Gasteiger partial charge in [0.05, 0.1) is 6.20 Å². The number of hydrogen-bond donors (Lipinski definition) is 1. The van der Waals surface area contributed by atoms with E-state index in [4.69, 9.17) is 4.52 Å². The zero-order valence-electron chi connectivity index (χ0n) is 8.73. The van der Waals surface area contributed by atoms with Crippen LogP contribution in [0.15, 0.2) is 41.1 Å². The molecule has 0 amide bonds. The third-order valence-corrected chi connectivity index (χ3v) is 2.25. The lowest BCUT2D eigenvalue weighted by Gasteiger charge is -2.01. The first-order valence-electron chi connectivity index (χ1n) is 5.11. The zero-order valence-corrected chi connectivity index (χ0v) is 8.73. The summed E-state index contributed by atoms with van der Waals surface area (Å²) in [5.41, 5.74) is 2.17. The molecule has 15 heavy (non-hydrogen) atoms. The lowest BCUT2D eigenvalue weighted by atomic mass is 10.1. The first-order valence-corrected chi connectivity index (χ1v) is 5.11. The Kier molecular flexibility index (Phi) is 3.15. The van der Waals surface area contributed by atoms with Crippen LogP contribution in [-0.4, -0.2) is 11.7 Å². The third-order valence-electron chi connectivity index (χ3n) is 2.25. The van der Waals surface area contributed by atoms with E-state index in [1.54, 1.807) is 6.20 Å². The Bertz CT molecular complexity index is 409. The second-order valence-corrected chi connectivity index (χ2v) is 3.33. The van der Waals surface area contributed by atoms with Crippen LogP contribution < -0.4 is 5.32 Å². The number of benzene rings is 1. The molecule has 0 bridgehead atoms. The molecule has 0 radical (unpaired) electrons. The van der Waals surface area contributed by atoms with Gasteiger partial charge >= 0.3 is 0 Å². The largest absolute Gasteiger partial charge is 0.356 e. The van der Waals surface area contributed by atoms with Crippen LogP contribution in [0.25, 0.3) is 11.3 Å². The highest BCUT2D eigenvalue weighted by Crippen LogP contribution is 2.22. The fraction of sp³-hybridized carbons (Fsp3) is 0.250. The minimum atomic E-state index is 0.796. The van der Waals surface area contributed by atoms with Crippen LogP contribution in [0.1, 0.15) is 12.5 Å². The summed E-state index contributed by atoms with van der Waals surface area (Å²) in [6.45, 7) is 3.82. The molecule has 3 nitrogen and oxygen atoms in total. The molecule has 0 saturated heterocycles. The lowest BCUT2D eigenvalue weighted by Crippen LogP contribution is -2.11. The molecule has 0 atom stereocenters. The number of rotatable bonds is 4. The summed E-state index contributed by atoms with van der Waals surface area (Å²) in [7, 11) is 0. The van der Waals surface area contributed by atoms with Crippen molar-refractivity contribution < 1.29 is 4.52 Å². The minimum Gasteiger partial charge on any atom is -0.356 e. The average molecular weight is 202 g/mol. The molecular weight excluding hydrogens is 188 g/mol. The summed E-state index contributed by atoms with van der Waals surface area (Å²) < 4.78 is 5.26. The summed E-state index contributed by atoms with van der Waals surface area (Å²) in [6, 6.07) is 10.0. The van der Waals surface area contributed by atoms with Crippen molar-refractivity contribution in [2.24, 2.45) is 0 Å². The molecular formula is C12H14N2O. The van der Waals surface area contributed by atoms with Gasteiger partial charge in [-0.1, -0.05) is 42.4 Å². The molecule has 78 valence electrons. The summed E-state index contributed by atoms with van der Waals surface area (Å²) in [4.78, 5) is 0. The maximum atomic E-state index is 5.26. The van der Waals surface area contributed by atoms with E-state index >= 15 is 0 Å². The van der Waals surface area contributed by atoms with E-state index in [1.807, 2.05) is 30.3 Å². The average Bonchev–Trinajstić information content (AvgIpc) is 2.75. The monoisotopic (exact) mass is 202 g/mol. The number of aromatic nitrogens is 1. The van der Waals surface area contributed by atoms with Crippen molar-refractivity contribution in [3.63, 3.8) is 0 Å². The van der Waals surface area contributed by atoms with Crippen LogP contribution in [0.3, 0.4) is 0 Å². The van der Waals surface area contributed by atoms with Crippen molar-refractivity contribution in [2.75, 3.05) is 6.54 Å². The van der Waals surface area contributed by atoms with Crippen molar-refractivity contribution >= 4 is 0 Å². The van der Waals surface area contributed by atoms with Crippen LogP contribution in [-0.2, 0) is 6.54 Å². The molecule has 3 heteroatoms. The molecule has 0 aliphatic carbocycles. The van der Waals surface area contributed by atoms with Crippen LogP contribution in [0.4, 0.5) is 0 Å². The topological polar surface area (TPSA) is 38.1 Å². The van der Waals surface area contributed by atoms with Gasteiger partial charge in [-0.05, 0) is 6.54 Å². The van der Waals surface area contributed by atoms with Gasteiger partial charge in [-0.25, -0.2) is 0 Å². The Labute approximate surface area is 89.1 Å². The van der Waals surface area contributed by atoms with E-state index in [2.05, 4.69) is 17.4 Å². The highest BCUT2D eigenvalue weighted by atomic mass is 16.5. The fourth-order valence-corrected chi connectivity index (χ4v) is 1.47. The van der Waals surface area contributed by atoms with E-state index in [9.17, 15) is 0 Å². The molecule has 0 saturated carbocycles. The van der Waals surface area contributed by atoms with E-state index < -0.39 is 0 Å². The number of nitrogens with one attached hydrogen (secondary N) is 1. The Morgan fingerprint density at radius 2 is 2.07 bits per heavy atom. The molecule has 2 rings (SSSR count). The molecule has 2 aromatic rings. The summed E-state index contributed by atoms with van der Waals surface area (Å²) in [5, 5.41) is 7.10. The summed E-state index contributed by atoms with van der Waals surface area (Å²) >= 11 is 0. The van der Waals surface area contributed by atoms with Crippen molar-refractivity contribution in [2.45, 2.75) is 13.5 Å². The molecule has 1 N–H and O–H groups in total. The molecule has 1 aromatic heterocycles. The predicted molar refractivity (Wildman–Crippen MR) is 59.3 cm³/mol. The van der Waals surface area contributed by atoms with Crippen LogP contribution in [0.5, 0.6) is 0 Å². The first-order chi connectivity index (χ1) is 7.42. The van der Waals surface area contributed by atoms with Crippen molar-refractivity contribution in [1.29, 1.82) is 0 Å². The lowest BCUT2D eigenvalue weighted by molar-refractivity contribution is 0.431. The van der Waals surface area contributed by atoms with Crippen molar-refractivity contribution in [3.8, 4) is 11.3 Å². The zero-order chi connectivity index (χ0) is 10.5. The standard InChI is InChI=1S/C12H14N2O/c1-2-13-8-11-9-14-15-12(11)10-6-4-3-5-7-10/h3-7,9,13H,2,8H2,1H3. The predicted octanol–water partition coefficient (Wildman–Crippen LogP) is 2.45. The van der Waals surface area contributed by atoms with E-state index in [0.29, 0.717) is 0 Å². The minimum absolute atomic E-state index is 0.796. The molecule has 1 aromatic carbocycles. The SMILES string of the molecule is CCNCc1cnoc1-c1ccccc1. The molecule has 0 spiro atoms. The number of hydrogen-bond acceptors (Lipinski definition) is 3. The van der Waals surface area contributed by atoms with E-state index in [-0.39, 0.29) is 0 Å². The second-order valence-electron chi connectivity index (χ2n) is 3.33. The number of nitrogens with zero attached hydrogens (tertiary/aromatic N) is 1. The smallest absolute Gasteiger partial charge is 0.171 e. The Morgan fingerprint density at radius 3 is 2.80 bits per heavy atom. The van der Waals surface area contributed by atoms with Crippen LogP contribution in [0.2, 0.25) is 0 Å². The van der Waals surface area contributed by atoms with Crippen molar-refractivity contribution in [1.82, 2.24) is 10.5 Å². The summed E-state index contributed by atoms with van der Waals surface area (Å²) in [6.07, 6.45) is 1.77. The summed E-state index contributed by atoms with van der Waals surface area (Å²) in [5.74, 6) is 0.858. The molecule has 0 fully saturated rings.